The van der Waals surface area contributed by atoms with E-state index in [9.17, 15) is 0 Å². The second kappa shape index (κ2) is 2.49. The Hall–Kier alpha value is 0.350. The minimum atomic E-state index is 0.524. The first-order valence-electron chi connectivity index (χ1n) is 7.07. The molecule has 1 aliphatic heterocycles. The molecule has 1 saturated heterocycles. The molecule has 2 spiro atoms. The van der Waals surface area contributed by atoms with Crippen LogP contribution in [0.3, 0.4) is 0 Å². The lowest BCUT2D eigenvalue weighted by atomic mass is 9.33. The Kier molecular flexibility index (Phi) is 1.81. The zero-order chi connectivity index (χ0) is 13.1. The molecule has 0 bridgehead atoms. The van der Waals surface area contributed by atoms with Gasteiger partial charge in [-0.2, -0.15) is 0 Å². The Morgan fingerprint density at radius 2 is 0.765 bits per heavy atom. The summed E-state index contributed by atoms with van der Waals surface area (Å²) in [6.07, 6.45) is 2.78. The summed E-state index contributed by atoms with van der Waals surface area (Å²) >= 11 is 2.34. The Morgan fingerprint density at radius 3 is 0.882 bits per heavy atom. The van der Waals surface area contributed by atoms with E-state index >= 15 is 0 Å². The van der Waals surface area contributed by atoms with Gasteiger partial charge in [-0.05, 0) is 34.5 Å². The lowest BCUT2D eigenvalue weighted by molar-refractivity contribution is -0.143. The van der Waals surface area contributed by atoms with Crippen LogP contribution in [-0.4, -0.2) is 9.49 Å². The lowest BCUT2D eigenvalue weighted by Gasteiger charge is -2.69. The molecule has 2 saturated carbocycles. The smallest absolute Gasteiger partial charge is 0.0425 e. The van der Waals surface area contributed by atoms with Crippen molar-refractivity contribution in [2.24, 2.45) is 21.7 Å². The van der Waals surface area contributed by atoms with Gasteiger partial charge >= 0.3 is 0 Å². The van der Waals surface area contributed by atoms with Crippen LogP contribution in [-0.2, 0) is 0 Å². The number of thioether (sulfide) groups is 1. The Morgan fingerprint density at radius 1 is 0.529 bits per heavy atom. The average molecular weight is 252 g/mol. The van der Waals surface area contributed by atoms with Crippen molar-refractivity contribution in [2.75, 3.05) is 0 Å². The third-order valence-electron chi connectivity index (χ3n) is 6.34. The third kappa shape index (κ3) is 0.895. The molecule has 98 valence electrons. The maximum absolute atomic E-state index is 2.50. The van der Waals surface area contributed by atoms with Gasteiger partial charge in [-0.1, -0.05) is 55.4 Å². The van der Waals surface area contributed by atoms with Crippen molar-refractivity contribution >= 4 is 11.8 Å². The standard InChI is InChI=1S/C16H28S/c1-11(2)9-12(3,4)15(11)16(17-15)13(5,6)10-14(16,7)8/h9-10H2,1-8H3. The molecule has 0 aromatic heterocycles. The van der Waals surface area contributed by atoms with Gasteiger partial charge in [0.1, 0.15) is 0 Å². The summed E-state index contributed by atoms with van der Waals surface area (Å²) in [6.45, 7) is 20.0. The molecule has 3 rings (SSSR count). The van der Waals surface area contributed by atoms with Crippen molar-refractivity contribution < 1.29 is 0 Å². The van der Waals surface area contributed by atoms with Crippen LogP contribution in [0.2, 0.25) is 0 Å². The van der Waals surface area contributed by atoms with Gasteiger partial charge in [0.2, 0.25) is 0 Å². The van der Waals surface area contributed by atoms with E-state index in [4.69, 9.17) is 0 Å². The maximum Gasteiger partial charge on any atom is 0.0425 e. The number of hydrogen-bond donors (Lipinski definition) is 0. The molecule has 1 heterocycles. The van der Waals surface area contributed by atoms with E-state index in [2.05, 4.69) is 67.2 Å². The lowest BCUT2D eigenvalue weighted by Crippen LogP contribution is -2.72. The zero-order valence-electron chi connectivity index (χ0n) is 12.8. The van der Waals surface area contributed by atoms with Crippen LogP contribution in [0.15, 0.2) is 0 Å². The number of fused-ring (bicyclic) bond motifs is 1. The normalized spacial score (nSPS) is 39.5. The van der Waals surface area contributed by atoms with Crippen LogP contribution in [0, 0.1) is 21.7 Å². The Labute approximate surface area is 111 Å². The number of rotatable bonds is 0. The fourth-order valence-electron chi connectivity index (χ4n) is 6.99. The highest BCUT2D eigenvalue weighted by Gasteiger charge is 2.94. The molecule has 3 fully saturated rings. The SMILES string of the molecule is CC1(C)CC(C)(C)C12SC21C(C)(C)CC1(C)C. The van der Waals surface area contributed by atoms with Crippen molar-refractivity contribution in [1.29, 1.82) is 0 Å². The van der Waals surface area contributed by atoms with Crippen molar-refractivity contribution in [2.45, 2.75) is 77.7 Å². The van der Waals surface area contributed by atoms with Crippen LogP contribution in [0.4, 0.5) is 0 Å². The van der Waals surface area contributed by atoms with Gasteiger partial charge in [0.25, 0.3) is 0 Å². The monoisotopic (exact) mass is 252 g/mol. The van der Waals surface area contributed by atoms with Crippen molar-refractivity contribution in [3.05, 3.63) is 0 Å². The van der Waals surface area contributed by atoms with Gasteiger partial charge in [-0.3, -0.25) is 0 Å². The highest BCUT2D eigenvalue weighted by atomic mass is 32.2. The molecule has 0 amide bonds. The van der Waals surface area contributed by atoms with Crippen molar-refractivity contribution in [3.8, 4) is 0 Å². The highest BCUT2D eigenvalue weighted by molar-refractivity contribution is 8.10. The summed E-state index contributed by atoms with van der Waals surface area (Å²) in [5.74, 6) is 0. The third-order valence-corrected chi connectivity index (χ3v) is 9.57. The fraction of sp³-hybridized carbons (Fsp3) is 1.00. The van der Waals surface area contributed by atoms with E-state index < -0.39 is 0 Å². The summed E-state index contributed by atoms with van der Waals surface area (Å²) in [5, 5.41) is 0. The Balaban J connectivity index is 2.10. The quantitative estimate of drug-likeness (QED) is 0.539. The van der Waals surface area contributed by atoms with Gasteiger partial charge in [0, 0.05) is 9.49 Å². The van der Waals surface area contributed by atoms with Crippen LogP contribution in [0.1, 0.15) is 68.2 Å². The molecule has 0 N–H and O–H groups in total. The van der Waals surface area contributed by atoms with Gasteiger partial charge < -0.3 is 0 Å². The van der Waals surface area contributed by atoms with Gasteiger partial charge in [0.05, 0.1) is 0 Å². The van der Waals surface area contributed by atoms with Gasteiger partial charge in [0.15, 0.2) is 0 Å². The molecule has 3 aliphatic rings. The van der Waals surface area contributed by atoms with E-state index in [1.807, 2.05) is 0 Å². The van der Waals surface area contributed by atoms with Crippen molar-refractivity contribution in [1.82, 2.24) is 0 Å². The average Bonchev–Trinajstić information content (AvgIpc) is 2.72. The minimum Gasteiger partial charge on any atom is -0.143 e. The summed E-state index contributed by atoms with van der Waals surface area (Å²) in [7, 11) is 0. The van der Waals surface area contributed by atoms with E-state index in [1.54, 1.807) is 0 Å². The molecule has 0 aromatic rings. The first-order chi connectivity index (χ1) is 7.37. The minimum absolute atomic E-state index is 0.524. The highest BCUT2D eigenvalue weighted by Crippen LogP contribution is 2.97. The molecular formula is C16H28S. The number of hydrogen-bond acceptors (Lipinski definition) is 1. The van der Waals surface area contributed by atoms with Crippen LogP contribution in [0.5, 0.6) is 0 Å². The van der Waals surface area contributed by atoms with Crippen LogP contribution < -0.4 is 0 Å². The first kappa shape index (κ1) is 12.4. The van der Waals surface area contributed by atoms with Gasteiger partial charge in [-0.15, -0.1) is 11.8 Å². The summed E-state index contributed by atoms with van der Waals surface area (Å²) in [6, 6.07) is 0. The summed E-state index contributed by atoms with van der Waals surface area (Å²) < 4.78 is 1.08. The topological polar surface area (TPSA) is 0 Å². The second-order valence-corrected chi connectivity index (χ2v) is 10.8. The van der Waals surface area contributed by atoms with E-state index in [-0.39, 0.29) is 0 Å². The van der Waals surface area contributed by atoms with Gasteiger partial charge in [-0.25, -0.2) is 0 Å². The largest absolute Gasteiger partial charge is 0.143 e. The molecule has 2 aliphatic carbocycles. The summed E-state index contributed by atoms with van der Waals surface area (Å²) in [5.41, 5.74) is 2.10. The van der Waals surface area contributed by atoms with Crippen LogP contribution >= 0.6 is 11.8 Å². The molecule has 17 heavy (non-hydrogen) atoms. The molecule has 0 unspecified atom stereocenters. The van der Waals surface area contributed by atoms with Crippen molar-refractivity contribution in [3.63, 3.8) is 0 Å². The molecule has 0 atom stereocenters. The predicted octanol–water partition coefficient (Wildman–Crippen LogP) is 5.12. The van der Waals surface area contributed by atoms with E-state index in [0.717, 1.165) is 0 Å². The Bertz CT molecular complexity index is 332. The second-order valence-electron chi connectivity index (χ2n) is 9.35. The molecule has 1 heteroatoms. The maximum atomic E-state index is 2.50. The molecular weight excluding hydrogens is 224 g/mol. The zero-order valence-corrected chi connectivity index (χ0v) is 13.6. The predicted molar refractivity (Wildman–Crippen MR) is 77.4 cm³/mol. The summed E-state index contributed by atoms with van der Waals surface area (Å²) in [4.78, 5) is 0. The molecule has 0 radical (unpaired) electrons. The van der Waals surface area contributed by atoms with Crippen LogP contribution in [0.25, 0.3) is 0 Å². The molecule has 0 nitrogen and oxygen atoms in total. The first-order valence-corrected chi connectivity index (χ1v) is 7.89. The fourth-order valence-corrected chi connectivity index (χ4v) is 9.90. The van der Waals surface area contributed by atoms with E-state index in [1.165, 1.54) is 12.8 Å². The van der Waals surface area contributed by atoms with E-state index in [0.29, 0.717) is 31.2 Å². The molecule has 0 aromatic carbocycles.